The molecule has 5 nitrogen and oxygen atoms in total. The monoisotopic (exact) mass is 329 g/mol. The first-order chi connectivity index (χ1) is 10.0. The molecule has 2 rings (SSSR count). The molecule has 1 aromatic rings. The van der Waals surface area contributed by atoms with Crippen LogP contribution in [0.25, 0.3) is 0 Å². The molecule has 1 fully saturated rings. The zero-order valence-corrected chi connectivity index (χ0v) is 14.1. The zero-order chi connectivity index (χ0) is 15.3. The maximum atomic E-state index is 12.3. The fraction of sp³-hybridized carbons (Fsp3) is 0.643. The second kappa shape index (κ2) is 7.58. The van der Waals surface area contributed by atoms with Crippen molar-refractivity contribution in [2.75, 3.05) is 13.3 Å². The van der Waals surface area contributed by atoms with Crippen LogP contribution in [-0.4, -0.2) is 38.0 Å². The lowest BCUT2D eigenvalue weighted by molar-refractivity contribution is 0.419. The zero-order valence-electron chi connectivity index (χ0n) is 12.5. The van der Waals surface area contributed by atoms with Gasteiger partial charge in [-0.1, -0.05) is 6.07 Å². The van der Waals surface area contributed by atoms with Gasteiger partial charge in [-0.3, -0.25) is 0 Å². The number of rotatable bonds is 6. The normalized spacial score (nSPS) is 23.1. The molecule has 0 spiro atoms. The molecule has 1 aliphatic rings. The molecule has 0 unspecified atom stereocenters. The minimum Gasteiger partial charge on any atom is -0.316 e. The van der Waals surface area contributed by atoms with Gasteiger partial charge in [0.05, 0.1) is 0 Å². The summed E-state index contributed by atoms with van der Waals surface area (Å²) < 4.78 is 27.4. The summed E-state index contributed by atoms with van der Waals surface area (Å²) in [5, 5.41) is 3.79. The first-order valence-electron chi connectivity index (χ1n) is 7.20. The van der Waals surface area contributed by atoms with E-state index in [0.717, 1.165) is 31.2 Å². The van der Waals surface area contributed by atoms with Crippen molar-refractivity contribution in [1.29, 1.82) is 0 Å². The van der Waals surface area contributed by atoms with Crippen LogP contribution in [0.3, 0.4) is 0 Å². The number of thioether (sulfide) groups is 1. The fourth-order valence-electron chi connectivity index (χ4n) is 2.57. The number of nitrogens with zero attached hydrogens (tertiary/aromatic N) is 1. The lowest BCUT2D eigenvalue weighted by Gasteiger charge is -2.27. The summed E-state index contributed by atoms with van der Waals surface area (Å²) in [6.45, 7) is 0.680. The minimum absolute atomic E-state index is 0.0391. The Hall–Kier alpha value is -0.630. The molecule has 1 aliphatic carbocycles. The molecule has 0 saturated heterocycles. The Balaban J connectivity index is 1.98. The molecule has 118 valence electrons. The molecule has 0 amide bonds. The van der Waals surface area contributed by atoms with E-state index in [1.165, 1.54) is 0 Å². The highest BCUT2D eigenvalue weighted by atomic mass is 32.2. The van der Waals surface area contributed by atoms with Crippen molar-refractivity contribution in [2.24, 2.45) is 0 Å². The Kier molecular flexibility index (Phi) is 6.04. The van der Waals surface area contributed by atoms with E-state index in [1.54, 1.807) is 18.3 Å². The Morgan fingerprint density at radius 1 is 1.29 bits per heavy atom. The lowest BCUT2D eigenvalue weighted by Crippen LogP contribution is -2.38. The van der Waals surface area contributed by atoms with Crippen LogP contribution in [-0.2, 0) is 16.6 Å². The van der Waals surface area contributed by atoms with Crippen molar-refractivity contribution in [3.05, 3.63) is 23.9 Å². The van der Waals surface area contributed by atoms with Crippen LogP contribution in [0.1, 0.15) is 31.2 Å². The third-order valence-corrected chi connectivity index (χ3v) is 6.36. The third-order valence-electron chi connectivity index (χ3n) is 3.78. The van der Waals surface area contributed by atoms with Crippen molar-refractivity contribution < 1.29 is 8.42 Å². The molecule has 7 heteroatoms. The van der Waals surface area contributed by atoms with Crippen molar-refractivity contribution in [3.8, 4) is 0 Å². The summed E-state index contributed by atoms with van der Waals surface area (Å²) in [7, 11) is -1.66. The third kappa shape index (κ3) is 4.67. The van der Waals surface area contributed by atoms with E-state index in [4.69, 9.17) is 0 Å². The Bertz CT molecular complexity index is 538. The average Bonchev–Trinajstić information content (AvgIpc) is 2.48. The second-order valence-corrected chi connectivity index (χ2v) is 8.16. The minimum atomic E-state index is -3.50. The van der Waals surface area contributed by atoms with Gasteiger partial charge in [0.2, 0.25) is 0 Å². The van der Waals surface area contributed by atoms with E-state index in [-0.39, 0.29) is 11.1 Å². The van der Waals surface area contributed by atoms with Gasteiger partial charge >= 0.3 is 0 Å². The fourth-order valence-corrected chi connectivity index (χ4v) is 4.55. The van der Waals surface area contributed by atoms with Gasteiger partial charge in [-0.15, -0.1) is 0 Å². The molecular formula is C14H23N3O2S2. The van der Waals surface area contributed by atoms with Gasteiger partial charge < -0.3 is 5.32 Å². The van der Waals surface area contributed by atoms with E-state index in [0.29, 0.717) is 11.8 Å². The maximum absolute atomic E-state index is 12.3. The summed E-state index contributed by atoms with van der Waals surface area (Å²) in [5.41, 5.74) is 0.969. The molecule has 21 heavy (non-hydrogen) atoms. The van der Waals surface area contributed by atoms with Crippen molar-refractivity contribution in [2.45, 2.75) is 48.5 Å². The van der Waals surface area contributed by atoms with Gasteiger partial charge in [0.1, 0.15) is 0 Å². The number of nitrogens with one attached hydrogen (secondary N) is 2. The van der Waals surface area contributed by atoms with Gasteiger partial charge in [-0.25, -0.2) is 18.1 Å². The molecule has 1 saturated carbocycles. The van der Waals surface area contributed by atoms with Gasteiger partial charge in [0.15, 0.2) is 5.03 Å². The molecule has 0 aromatic carbocycles. The van der Waals surface area contributed by atoms with Crippen molar-refractivity contribution in [3.63, 3.8) is 0 Å². The van der Waals surface area contributed by atoms with E-state index < -0.39 is 10.0 Å². The van der Waals surface area contributed by atoms with Crippen LogP contribution in [0.4, 0.5) is 0 Å². The largest absolute Gasteiger partial charge is 0.316 e. The van der Waals surface area contributed by atoms with Crippen LogP contribution in [0, 0.1) is 0 Å². The van der Waals surface area contributed by atoms with Crippen LogP contribution < -0.4 is 10.0 Å². The number of sulfonamides is 1. The smallest absolute Gasteiger partial charge is 0.258 e. The first-order valence-corrected chi connectivity index (χ1v) is 9.97. The topological polar surface area (TPSA) is 71.1 Å². The predicted molar refractivity (Wildman–Crippen MR) is 86.9 cm³/mol. The summed E-state index contributed by atoms with van der Waals surface area (Å²) in [5.74, 6) is 0. The van der Waals surface area contributed by atoms with Gasteiger partial charge in [-0.05, 0) is 50.6 Å². The number of hydrogen-bond acceptors (Lipinski definition) is 5. The molecule has 0 atom stereocenters. The van der Waals surface area contributed by atoms with Crippen molar-refractivity contribution in [1.82, 2.24) is 15.0 Å². The van der Waals surface area contributed by atoms with Crippen LogP contribution in [0.5, 0.6) is 0 Å². The summed E-state index contributed by atoms with van der Waals surface area (Å²) in [4.78, 5) is 4.07. The highest BCUT2D eigenvalue weighted by molar-refractivity contribution is 7.99. The SMILES string of the molecule is CNCc1ccc(S(=O)(=O)NC2CCC(SC)CC2)nc1. The van der Waals surface area contributed by atoms with Crippen molar-refractivity contribution >= 4 is 21.8 Å². The van der Waals surface area contributed by atoms with Crippen LogP contribution >= 0.6 is 11.8 Å². The highest BCUT2D eigenvalue weighted by Gasteiger charge is 2.25. The number of hydrogen-bond donors (Lipinski definition) is 2. The number of pyridine rings is 1. The van der Waals surface area contributed by atoms with Gasteiger partial charge in [0.25, 0.3) is 10.0 Å². The molecule has 1 heterocycles. The molecule has 2 N–H and O–H groups in total. The number of aromatic nitrogens is 1. The van der Waals surface area contributed by atoms with Crippen LogP contribution in [0.15, 0.2) is 23.4 Å². The van der Waals surface area contributed by atoms with E-state index in [1.807, 2.05) is 18.8 Å². The Morgan fingerprint density at radius 2 is 2.00 bits per heavy atom. The lowest BCUT2D eigenvalue weighted by atomic mass is 9.96. The molecule has 1 aromatic heterocycles. The molecule has 0 radical (unpaired) electrons. The molecular weight excluding hydrogens is 306 g/mol. The predicted octanol–water partition coefficient (Wildman–Crippen LogP) is 1.75. The Morgan fingerprint density at radius 3 is 2.52 bits per heavy atom. The quantitative estimate of drug-likeness (QED) is 0.832. The average molecular weight is 329 g/mol. The van der Waals surface area contributed by atoms with Gasteiger partial charge in [-0.2, -0.15) is 11.8 Å². The van der Waals surface area contributed by atoms with E-state index in [9.17, 15) is 8.42 Å². The van der Waals surface area contributed by atoms with Gasteiger partial charge in [0, 0.05) is 24.0 Å². The second-order valence-electron chi connectivity index (χ2n) is 5.37. The van der Waals surface area contributed by atoms with E-state index in [2.05, 4.69) is 21.3 Å². The van der Waals surface area contributed by atoms with E-state index >= 15 is 0 Å². The summed E-state index contributed by atoms with van der Waals surface area (Å²) in [6.07, 6.45) is 7.68. The van der Waals surface area contributed by atoms with Crippen LogP contribution in [0.2, 0.25) is 0 Å². The summed E-state index contributed by atoms with van der Waals surface area (Å²) in [6, 6.07) is 3.41. The summed E-state index contributed by atoms with van der Waals surface area (Å²) >= 11 is 1.87. The highest BCUT2D eigenvalue weighted by Crippen LogP contribution is 2.27. The standard InChI is InChI=1S/C14H23N3O2S2/c1-15-9-11-3-8-14(16-10-11)21(18,19)17-12-4-6-13(20-2)7-5-12/h3,8,10,12-13,15,17H,4-7,9H2,1-2H3. The molecule has 0 aliphatic heterocycles. The molecule has 0 bridgehead atoms. The first kappa shape index (κ1) is 16.7. The maximum Gasteiger partial charge on any atom is 0.258 e. The Labute approximate surface area is 131 Å².